The zero-order chi connectivity index (χ0) is 15.0. The first-order valence-corrected chi connectivity index (χ1v) is 7.57. The molecule has 3 N–H and O–H groups in total. The summed E-state index contributed by atoms with van der Waals surface area (Å²) in [5, 5.41) is 11.0. The molecule has 0 saturated carbocycles. The van der Waals surface area contributed by atoms with Crippen LogP contribution >= 0.6 is 0 Å². The average Bonchev–Trinajstić information content (AvgIpc) is 2.85. The minimum Gasteiger partial charge on any atom is -0.388 e. The maximum Gasteiger partial charge on any atom is 0.0864 e. The Bertz CT molecular complexity index is 617. The minimum atomic E-state index is -0.520. The summed E-state index contributed by atoms with van der Waals surface area (Å²) in [6.45, 7) is 4.64. The molecule has 0 aliphatic heterocycles. The first-order valence-electron chi connectivity index (χ1n) is 7.57. The number of nitrogens with two attached hydrogens (primary N) is 1. The fraction of sp³-hybridized carbons (Fsp3) is 0.368. The monoisotopic (exact) mass is 281 g/mol. The molecule has 2 aromatic carbocycles. The third-order valence-corrected chi connectivity index (χ3v) is 4.75. The van der Waals surface area contributed by atoms with E-state index in [2.05, 4.69) is 56.3 Å². The van der Waals surface area contributed by atoms with E-state index in [1.165, 1.54) is 22.3 Å². The average molecular weight is 281 g/mol. The van der Waals surface area contributed by atoms with E-state index >= 15 is 0 Å². The minimum absolute atomic E-state index is 0.274. The van der Waals surface area contributed by atoms with E-state index in [0.717, 1.165) is 18.4 Å². The Morgan fingerprint density at radius 3 is 2.05 bits per heavy atom. The van der Waals surface area contributed by atoms with E-state index in [-0.39, 0.29) is 5.41 Å². The SMILES string of the molecule is Cc1cc(C)cc(C(O)C2(CN)Cc3ccccc3C2)c1. The molecule has 0 spiro atoms. The van der Waals surface area contributed by atoms with Crippen molar-refractivity contribution < 1.29 is 5.11 Å². The molecule has 0 radical (unpaired) electrons. The van der Waals surface area contributed by atoms with Crippen LogP contribution in [0.4, 0.5) is 0 Å². The number of aliphatic hydroxyl groups is 1. The maximum atomic E-state index is 11.0. The van der Waals surface area contributed by atoms with Crippen molar-refractivity contribution in [1.82, 2.24) is 0 Å². The van der Waals surface area contributed by atoms with Gasteiger partial charge in [0.2, 0.25) is 0 Å². The van der Waals surface area contributed by atoms with Crippen LogP contribution in [0.2, 0.25) is 0 Å². The van der Waals surface area contributed by atoms with Crippen molar-refractivity contribution in [2.24, 2.45) is 11.1 Å². The summed E-state index contributed by atoms with van der Waals surface area (Å²) in [7, 11) is 0. The molecule has 0 fully saturated rings. The Balaban J connectivity index is 1.97. The molecular formula is C19H23NO. The zero-order valence-electron chi connectivity index (χ0n) is 12.8. The number of benzene rings is 2. The van der Waals surface area contributed by atoms with Crippen molar-refractivity contribution in [2.75, 3.05) is 6.54 Å². The molecule has 0 saturated heterocycles. The maximum absolute atomic E-state index is 11.0. The highest BCUT2D eigenvalue weighted by Gasteiger charge is 2.42. The lowest BCUT2D eigenvalue weighted by Gasteiger charge is -2.33. The second kappa shape index (κ2) is 5.28. The third-order valence-electron chi connectivity index (χ3n) is 4.75. The van der Waals surface area contributed by atoms with Gasteiger partial charge in [-0.3, -0.25) is 0 Å². The molecule has 3 rings (SSSR count). The molecule has 0 aromatic heterocycles. The quantitative estimate of drug-likeness (QED) is 0.908. The molecule has 110 valence electrons. The molecular weight excluding hydrogens is 258 g/mol. The van der Waals surface area contributed by atoms with Gasteiger partial charge in [-0.2, -0.15) is 0 Å². The molecule has 1 aliphatic carbocycles. The molecule has 1 unspecified atom stereocenters. The Morgan fingerprint density at radius 2 is 1.57 bits per heavy atom. The first-order chi connectivity index (χ1) is 10.0. The van der Waals surface area contributed by atoms with Crippen LogP contribution in [-0.2, 0) is 12.8 Å². The van der Waals surface area contributed by atoms with Gasteiger partial charge in [-0.1, -0.05) is 53.6 Å². The van der Waals surface area contributed by atoms with Crippen LogP contribution in [-0.4, -0.2) is 11.7 Å². The second-order valence-electron chi connectivity index (χ2n) is 6.51. The van der Waals surface area contributed by atoms with Gasteiger partial charge >= 0.3 is 0 Å². The number of hydrogen-bond donors (Lipinski definition) is 2. The lowest BCUT2D eigenvalue weighted by Crippen LogP contribution is -2.37. The lowest BCUT2D eigenvalue weighted by molar-refractivity contribution is 0.0357. The van der Waals surface area contributed by atoms with E-state index < -0.39 is 6.10 Å². The van der Waals surface area contributed by atoms with Gasteiger partial charge in [0, 0.05) is 12.0 Å². The summed E-state index contributed by atoms with van der Waals surface area (Å²) in [5.74, 6) is 0. The first kappa shape index (κ1) is 14.3. The summed E-state index contributed by atoms with van der Waals surface area (Å²) < 4.78 is 0. The molecule has 2 nitrogen and oxygen atoms in total. The van der Waals surface area contributed by atoms with E-state index in [9.17, 15) is 5.11 Å². The summed E-state index contributed by atoms with van der Waals surface area (Å²) in [4.78, 5) is 0. The standard InChI is InChI=1S/C19H23NO/c1-13-7-14(2)9-17(8-13)18(21)19(12-20)10-15-5-3-4-6-16(15)11-19/h3-9,18,21H,10-12,20H2,1-2H3. The number of hydrogen-bond acceptors (Lipinski definition) is 2. The highest BCUT2D eigenvalue weighted by Crippen LogP contribution is 2.45. The molecule has 1 aliphatic rings. The van der Waals surface area contributed by atoms with Gasteiger partial charge in [0.25, 0.3) is 0 Å². The fourth-order valence-electron chi connectivity index (χ4n) is 3.69. The van der Waals surface area contributed by atoms with Gasteiger partial charge in [-0.25, -0.2) is 0 Å². The van der Waals surface area contributed by atoms with Crippen LogP contribution in [0.25, 0.3) is 0 Å². The van der Waals surface area contributed by atoms with Crippen molar-refractivity contribution in [3.8, 4) is 0 Å². The summed E-state index contributed by atoms with van der Waals surface area (Å²) in [6.07, 6.45) is 1.19. The van der Waals surface area contributed by atoms with E-state index in [0.29, 0.717) is 6.54 Å². The number of aryl methyl sites for hydroxylation is 2. The Labute approximate surface area is 126 Å². The van der Waals surface area contributed by atoms with Gasteiger partial charge in [-0.15, -0.1) is 0 Å². The Morgan fingerprint density at radius 1 is 1.05 bits per heavy atom. The summed E-state index contributed by atoms with van der Waals surface area (Å²) >= 11 is 0. The molecule has 2 heteroatoms. The van der Waals surface area contributed by atoms with Gasteiger partial charge in [0.05, 0.1) is 6.10 Å². The molecule has 0 heterocycles. The predicted octanol–water partition coefficient (Wildman–Crippen LogP) is 3.08. The van der Waals surface area contributed by atoms with E-state index in [4.69, 9.17) is 5.73 Å². The van der Waals surface area contributed by atoms with E-state index in [1.54, 1.807) is 0 Å². The highest BCUT2D eigenvalue weighted by atomic mass is 16.3. The Hall–Kier alpha value is -1.64. The topological polar surface area (TPSA) is 46.2 Å². The van der Waals surface area contributed by atoms with Crippen molar-refractivity contribution in [2.45, 2.75) is 32.8 Å². The third kappa shape index (κ3) is 2.50. The van der Waals surface area contributed by atoms with Gasteiger partial charge in [0.15, 0.2) is 0 Å². The zero-order valence-corrected chi connectivity index (χ0v) is 12.8. The molecule has 0 bridgehead atoms. The van der Waals surface area contributed by atoms with Gasteiger partial charge < -0.3 is 10.8 Å². The summed E-state index contributed by atoms with van der Waals surface area (Å²) in [6, 6.07) is 14.7. The molecule has 0 amide bonds. The highest BCUT2D eigenvalue weighted by molar-refractivity contribution is 5.38. The van der Waals surface area contributed by atoms with Gasteiger partial charge in [0.1, 0.15) is 0 Å². The number of rotatable bonds is 3. The predicted molar refractivity (Wildman–Crippen MR) is 86.2 cm³/mol. The van der Waals surface area contributed by atoms with Gasteiger partial charge in [-0.05, 0) is 43.4 Å². The number of aliphatic hydroxyl groups excluding tert-OH is 1. The number of fused-ring (bicyclic) bond motifs is 1. The van der Waals surface area contributed by atoms with Crippen LogP contribution in [0, 0.1) is 19.3 Å². The fourth-order valence-corrected chi connectivity index (χ4v) is 3.69. The molecule has 21 heavy (non-hydrogen) atoms. The van der Waals surface area contributed by atoms with Crippen molar-refractivity contribution >= 4 is 0 Å². The molecule has 1 atom stereocenters. The lowest BCUT2D eigenvalue weighted by atomic mass is 9.76. The van der Waals surface area contributed by atoms with Crippen LogP contribution in [0.1, 0.15) is 33.9 Å². The van der Waals surface area contributed by atoms with Crippen molar-refractivity contribution in [1.29, 1.82) is 0 Å². The van der Waals surface area contributed by atoms with Crippen LogP contribution in [0.3, 0.4) is 0 Å². The normalized spacial score (nSPS) is 17.5. The molecule has 2 aromatic rings. The summed E-state index contributed by atoms with van der Waals surface area (Å²) in [5.41, 5.74) is 11.8. The van der Waals surface area contributed by atoms with Crippen LogP contribution in [0.5, 0.6) is 0 Å². The van der Waals surface area contributed by atoms with Crippen LogP contribution < -0.4 is 5.73 Å². The largest absolute Gasteiger partial charge is 0.388 e. The Kier molecular flexibility index (Phi) is 3.60. The van der Waals surface area contributed by atoms with Crippen molar-refractivity contribution in [3.63, 3.8) is 0 Å². The van der Waals surface area contributed by atoms with E-state index in [1.807, 2.05) is 0 Å². The second-order valence-corrected chi connectivity index (χ2v) is 6.51. The van der Waals surface area contributed by atoms with Crippen LogP contribution in [0.15, 0.2) is 42.5 Å². The van der Waals surface area contributed by atoms with Crippen molar-refractivity contribution in [3.05, 3.63) is 70.3 Å². The smallest absolute Gasteiger partial charge is 0.0864 e.